The molecule has 0 unspecified atom stereocenters. The first-order valence-electron chi connectivity index (χ1n) is 7.92. The molecule has 0 bridgehead atoms. The van der Waals surface area contributed by atoms with Crippen LogP contribution in [-0.2, 0) is 0 Å². The van der Waals surface area contributed by atoms with Crippen molar-refractivity contribution >= 4 is 11.9 Å². The quantitative estimate of drug-likeness (QED) is 0.870. The molecule has 118 valence electrons. The van der Waals surface area contributed by atoms with Crippen molar-refractivity contribution in [2.45, 2.75) is 47.0 Å². The minimum Gasteiger partial charge on any atom is -0.464 e. The molecule has 1 fully saturated rings. The molecule has 1 aliphatic rings. The first kappa shape index (κ1) is 15.8. The van der Waals surface area contributed by atoms with E-state index in [0.29, 0.717) is 24.0 Å². The zero-order chi connectivity index (χ0) is 15.3. The molecule has 21 heavy (non-hydrogen) atoms. The Morgan fingerprint density at radius 2 is 1.86 bits per heavy atom. The van der Waals surface area contributed by atoms with Crippen LogP contribution in [-0.4, -0.2) is 41.2 Å². The zero-order valence-corrected chi connectivity index (χ0v) is 13.6. The highest BCUT2D eigenvalue weighted by atomic mass is 16.5. The Labute approximate surface area is 127 Å². The SMILES string of the molecule is CCCNc1nc(OCC)nc(N2CCC(C)(C)CC2)n1. The van der Waals surface area contributed by atoms with E-state index in [1.54, 1.807) is 0 Å². The standard InChI is InChI=1S/C15H27N5O/c1-5-9-16-12-17-13(19-14(18-12)21-6-2)20-10-7-15(3,4)8-11-20/h5-11H2,1-4H3,(H,16,17,18,19). The van der Waals surface area contributed by atoms with Crippen LogP contribution in [0.2, 0.25) is 0 Å². The summed E-state index contributed by atoms with van der Waals surface area (Å²) in [5.41, 5.74) is 0.412. The fraction of sp³-hybridized carbons (Fsp3) is 0.800. The summed E-state index contributed by atoms with van der Waals surface area (Å²) in [6.07, 6.45) is 3.34. The molecule has 0 amide bonds. The van der Waals surface area contributed by atoms with Crippen molar-refractivity contribution in [2.24, 2.45) is 5.41 Å². The average Bonchev–Trinajstić information content (AvgIpc) is 2.45. The van der Waals surface area contributed by atoms with Crippen LogP contribution < -0.4 is 15.0 Å². The number of ether oxygens (including phenoxy) is 1. The maximum Gasteiger partial charge on any atom is 0.323 e. The van der Waals surface area contributed by atoms with Gasteiger partial charge in [-0.05, 0) is 31.6 Å². The Hall–Kier alpha value is -1.59. The van der Waals surface area contributed by atoms with Crippen LogP contribution >= 0.6 is 0 Å². The van der Waals surface area contributed by atoms with E-state index in [1.807, 2.05) is 6.92 Å². The van der Waals surface area contributed by atoms with Gasteiger partial charge in [0, 0.05) is 19.6 Å². The Morgan fingerprint density at radius 3 is 2.48 bits per heavy atom. The molecule has 1 aromatic rings. The van der Waals surface area contributed by atoms with Crippen LogP contribution in [0.1, 0.15) is 47.0 Å². The Balaban J connectivity index is 2.15. The van der Waals surface area contributed by atoms with Gasteiger partial charge in [0.15, 0.2) is 0 Å². The van der Waals surface area contributed by atoms with Crippen LogP contribution in [0, 0.1) is 5.41 Å². The molecule has 0 aliphatic carbocycles. The van der Waals surface area contributed by atoms with Gasteiger partial charge < -0.3 is 15.0 Å². The second-order valence-electron chi connectivity index (χ2n) is 6.25. The molecule has 1 aromatic heterocycles. The molecule has 0 atom stereocenters. The second kappa shape index (κ2) is 6.91. The molecule has 2 rings (SSSR count). The summed E-state index contributed by atoms with van der Waals surface area (Å²) < 4.78 is 5.47. The number of nitrogens with zero attached hydrogens (tertiary/aromatic N) is 4. The first-order chi connectivity index (χ1) is 10.0. The van der Waals surface area contributed by atoms with E-state index < -0.39 is 0 Å². The van der Waals surface area contributed by atoms with Crippen LogP contribution in [0.4, 0.5) is 11.9 Å². The lowest BCUT2D eigenvalue weighted by molar-refractivity contribution is 0.276. The molecule has 0 aromatic carbocycles. The van der Waals surface area contributed by atoms with Gasteiger partial charge >= 0.3 is 6.01 Å². The molecular formula is C15H27N5O. The lowest BCUT2D eigenvalue weighted by Gasteiger charge is -2.36. The third-order valence-corrected chi connectivity index (χ3v) is 3.81. The zero-order valence-electron chi connectivity index (χ0n) is 13.6. The monoisotopic (exact) mass is 293 g/mol. The summed E-state index contributed by atoms with van der Waals surface area (Å²) in [4.78, 5) is 15.5. The number of aromatic nitrogens is 3. The van der Waals surface area contributed by atoms with Crippen LogP contribution in [0.5, 0.6) is 6.01 Å². The number of nitrogens with one attached hydrogen (secondary N) is 1. The largest absolute Gasteiger partial charge is 0.464 e. The number of piperidine rings is 1. The first-order valence-corrected chi connectivity index (χ1v) is 7.92. The molecule has 6 nitrogen and oxygen atoms in total. The van der Waals surface area contributed by atoms with E-state index in [1.165, 1.54) is 0 Å². The smallest absolute Gasteiger partial charge is 0.323 e. The molecule has 0 saturated carbocycles. The van der Waals surface area contributed by atoms with Crippen molar-refractivity contribution in [3.63, 3.8) is 0 Å². The lowest BCUT2D eigenvalue weighted by Crippen LogP contribution is -2.38. The van der Waals surface area contributed by atoms with Gasteiger partial charge in [0.05, 0.1) is 6.61 Å². The van der Waals surface area contributed by atoms with Crippen molar-refractivity contribution in [1.29, 1.82) is 0 Å². The van der Waals surface area contributed by atoms with Gasteiger partial charge in [0.1, 0.15) is 0 Å². The molecule has 6 heteroatoms. The maximum atomic E-state index is 5.47. The third kappa shape index (κ3) is 4.44. The Bertz CT molecular complexity index is 453. The van der Waals surface area contributed by atoms with Crippen LogP contribution in [0.25, 0.3) is 0 Å². The predicted octanol–water partition coefficient (Wildman–Crippen LogP) is 2.72. The fourth-order valence-electron chi connectivity index (χ4n) is 2.31. The van der Waals surface area contributed by atoms with E-state index in [-0.39, 0.29) is 0 Å². The predicted molar refractivity (Wildman–Crippen MR) is 85.0 cm³/mol. The summed E-state index contributed by atoms with van der Waals surface area (Å²) in [7, 11) is 0. The van der Waals surface area contributed by atoms with Gasteiger partial charge in [-0.15, -0.1) is 0 Å². The van der Waals surface area contributed by atoms with Crippen molar-refractivity contribution < 1.29 is 4.74 Å². The van der Waals surface area contributed by atoms with Crippen molar-refractivity contribution in [3.8, 4) is 6.01 Å². The van der Waals surface area contributed by atoms with Crippen LogP contribution in [0.15, 0.2) is 0 Å². The highest BCUT2D eigenvalue weighted by Crippen LogP contribution is 2.31. The number of anilines is 2. The van der Waals surface area contributed by atoms with E-state index in [2.05, 4.69) is 45.9 Å². The van der Waals surface area contributed by atoms with Gasteiger partial charge in [0.2, 0.25) is 11.9 Å². The Morgan fingerprint density at radius 1 is 1.14 bits per heavy atom. The number of rotatable bonds is 6. The topological polar surface area (TPSA) is 63.2 Å². The molecule has 1 aliphatic heterocycles. The lowest BCUT2D eigenvalue weighted by atomic mass is 9.83. The fourth-order valence-corrected chi connectivity index (χ4v) is 2.31. The second-order valence-corrected chi connectivity index (χ2v) is 6.25. The maximum absolute atomic E-state index is 5.47. The highest BCUT2D eigenvalue weighted by molar-refractivity contribution is 5.38. The van der Waals surface area contributed by atoms with E-state index in [4.69, 9.17) is 4.74 Å². The minimum atomic E-state index is 0.408. The molecule has 1 N–H and O–H groups in total. The molecule has 0 spiro atoms. The average molecular weight is 293 g/mol. The summed E-state index contributed by atoms with van der Waals surface area (Å²) in [5, 5.41) is 3.22. The van der Waals surface area contributed by atoms with Crippen molar-refractivity contribution in [3.05, 3.63) is 0 Å². The van der Waals surface area contributed by atoms with Crippen molar-refractivity contribution in [2.75, 3.05) is 36.5 Å². The van der Waals surface area contributed by atoms with Crippen molar-refractivity contribution in [1.82, 2.24) is 15.0 Å². The third-order valence-electron chi connectivity index (χ3n) is 3.81. The van der Waals surface area contributed by atoms with Gasteiger partial charge in [-0.2, -0.15) is 15.0 Å². The van der Waals surface area contributed by atoms with Gasteiger partial charge in [-0.1, -0.05) is 20.8 Å². The summed E-state index contributed by atoms with van der Waals surface area (Å²) in [6.45, 7) is 12.1. The number of hydrogen-bond acceptors (Lipinski definition) is 6. The minimum absolute atomic E-state index is 0.408. The molecular weight excluding hydrogens is 266 g/mol. The normalized spacial score (nSPS) is 17.6. The van der Waals surface area contributed by atoms with E-state index in [9.17, 15) is 0 Å². The summed E-state index contributed by atoms with van der Waals surface area (Å²) in [5.74, 6) is 1.33. The highest BCUT2D eigenvalue weighted by Gasteiger charge is 2.27. The number of hydrogen-bond donors (Lipinski definition) is 1. The van der Waals surface area contributed by atoms with Gasteiger partial charge in [-0.25, -0.2) is 0 Å². The van der Waals surface area contributed by atoms with Gasteiger partial charge in [0.25, 0.3) is 0 Å². The van der Waals surface area contributed by atoms with E-state index in [0.717, 1.165) is 44.8 Å². The Kier molecular flexibility index (Phi) is 5.20. The summed E-state index contributed by atoms with van der Waals surface area (Å²) in [6, 6.07) is 0.408. The van der Waals surface area contributed by atoms with Gasteiger partial charge in [-0.3, -0.25) is 0 Å². The molecule has 2 heterocycles. The van der Waals surface area contributed by atoms with E-state index >= 15 is 0 Å². The molecule has 1 saturated heterocycles. The summed E-state index contributed by atoms with van der Waals surface area (Å²) >= 11 is 0. The van der Waals surface area contributed by atoms with Crippen LogP contribution in [0.3, 0.4) is 0 Å². The molecule has 0 radical (unpaired) electrons.